The molecule has 1 aliphatic heterocycles. The Morgan fingerprint density at radius 1 is 1.50 bits per heavy atom. The summed E-state index contributed by atoms with van der Waals surface area (Å²) in [4.78, 5) is 0. The normalized spacial score (nSPS) is 20.0. The van der Waals surface area contributed by atoms with Crippen LogP contribution in [0.5, 0.6) is 5.75 Å². The maximum atomic E-state index is 5.67. The maximum absolute atomic E-state index is 5.67. The third kappa shape index (κ3) is 1.75. The Labute approximate surface area is 84.8 Å². The molecule has 76 valence electrons. The summed E-state index contributed by atoms with van der Waals surface area (Å²) in [6, 6.07) is 6.31. The lowest BCUT2D eigenvalue weighted by Gasteiger charge is -2.25. The lowest BCUT2D eigenvalue weighted by molar-refractivity contribution is 0.0318. The van der Waals surface area contributed by atoms with Crippen molar-refractivity contribution in [3.05, 3.63) is 29.3 Å². The van der Waals surface area contributed by atoms with E-state index >= 15 is 0 Å². The first kappa shape index (κ1) is 9.53. The van der Waals surface area contributed by atoms with E-state index in [2.05, 4.69) is 25.1 Å². The Hall–Kier alpha value is -1.02. The molecular weight excluding hydrogens is 176 g/mol. The molecule has 1 heterocycles. The molecule has 1 atom stereocenters. The van der Waals surface area contributed by atoms with Gasteiger partial charge in [0.25, 0.3) is 0 Å². The van der Waals surface area contributed by atoms with E-state index in [1.807, 2.05) is 6.92 Å². The lowest BCUT2D eigenvalue weighted by Crippen LogP contribution is -2.16. The minimum Gasteiger partial charge on any atom is -0.493 e. The molecule has 2 heteroatoms. The fraction of sp³-hybridized carbons (Fsp3) is 0.500. The molecule has 2 nitrogen and oxygen atoms in total. The average Bonchev–Trinajstić information content (AvgIpc) is 2.18. The van der Waals surface area contributed by atoms with Gasteiger partial charge in [0, 0.05) is 18.6 Å². The van der Waals surface area contributed by atoms with Crippen LogP contribution >= 0.6 is 0 Å². The number of hydrogen-bond acceptors (Lipinski definition) is 2. The van der Waals surface area contributed by atoms with Crippen molar-refractivity contribution in [2.24, 2.45) is 0 Å². The second-order valence-electron chi connectivity index (χ2n) is 3.62. The van der Waals surface area contributed by atoms with Crippen molar-refractivity contribution >= 4 is 0 Å². The first-order chi connectivity index (χ1) is 6.81. The van der Waals surface area contributed by atoms with Gasteiger partial charge in [0.1, 0.15) is 5.75 Å². The minimum atomic E-state index is 0.226. The number of hydrogen-bond donors (Lipinski definition) is 0. The first-order valence-corrected chi connectivity index (χ1v) is 5.16. The van der Waals surface area contributed by atoms with Gasteiger partial charge in [-0.05, 0) is 25.5 Å². The van der Waals surface area contributed by atoms with Crippen molar-refractivity contribution in [2.75, 3.05) is 13.2 Å². The molecule has 0 amide bonds. The molecule has 0 spiro atoms. The molecule has 14 heavy (non-hydrogen) atoms. The van der Waals surface area contributed by atoms with Crippen LogP contribution in [0.15, 0.2) is 18.2 Å². The number of rotatable bonds is 2. The van der Waals surface area contributed by atoms with Crippen LogP contribution < -0.4 is 4.74 Å². The zero-order valence-electron chi connectivity index (χ0n) is 8.75. The molecule has 0 radical (unpaired) electrons. The second-order valence-corrected chi connectivity index (χ2v) is 3.62. The summed E-state index contributed by atoms with van der Waals surface area (Å²) in [5.41, 5.74) is 2.43. The van der Waals surface area contributed by atoms with E-state index in [9.17, 15) is 0 Å². The predicted octanol–water partition coefficient (Wildman–Crippen LogP) is 2.86. The zero-order valence-corrected chi connectivity index (χ0v) is 8.75. The number of fused-ring (bicyclic) bond motifs is 1. The molecule has 0 fully saturated rings. The highest BCUT2D eigenvalue weighted by Gasteiger charge is 2.21. The van der Waals surface area contributed by atoms with Crippen molar-refractivity contribution in [3.63, 3.8) is 0 Å². The average molecular weight is 192 g/mol. The van der Waals surface area contributed by atoms with Gasteiger partial charge in [-0.25, -0.2) is 0 Å². The van der Waals surface area contributed by atoms with E-state index in [1.165, 1.54) is 11.1 Å². The van der Waals surface area contributed by atoms with Crippen LogP contribution in [0.2, 0.25) is 0 Å². The highest BCUT2D eigenvalue weighted by molar-refractivity contribution is 5.39. The molecule has 1 aliphatic rings. The van der Waals surface area contributed by atoms with Crippen LogP contribution in [-0.2, 0) is 4.74 Å². The van der Waals surface area contributed by atoms with Crippen molar-refractivity contribution < 1.29 is 9.47 Å². The number of ether oxygens (including phenoxy) is 2. The summed E-state index contributed by atoms with van der Waals surface area (Å²) >= 11 is 0. The van der Waals surface area contributed by atoms with Crippen LogP contribution in [-0.4, -0.2) is 13.2 Å². The fourth-order valence-corrected chi connectivity index (χ4v) is 1.84. The van der Waals surface area contributed by atoms with Gasteiger partial charge in [-0.15, -0.1) is 0 Å². The topological polar surface area (TPSA) is 18.5 Å². The van der Waals surface area contributed by atoms with Crippen LogP contribution in [0.1, 0.15) is 30.6 Å². The monoisotopic (exact) mass is 192 g/mol. The lowest BCUT2D eigenvalue weighted by atomic mass is 10.0. The highest BCUT2D eigenvalue weighted by atomic mass is 16.5. The first-order valence-electron chi connectivity index (χ1n) is 5.16. The van der Waals surface area contributed by atoms with E-state index in [0.717, 1.165) is 25.4 Å². The van der Waals surface area contributed by atoms with Gasteiger partial charge < -0.3 is 9.47 Å². The molecule has 0 saturated carbocycles. The van der Waals surface area contributed by atoms with Gasteiger partial charge in [-0.2, -0.15) is 0 Å². The molecule has 1 aromatic rings. The number of aryl methyl sites for hydroxylation is 1. The molecule has 0 aromatic heterocycles. The third-order valence-electron chi connectivity index (χ3n) is 2.52. The minimum absolute atomic E-state index is 0.226. The van der Waals surface area contributed by atoms with Crippen molar-refractivity contribution in [1.82, 2.24) is 0 Å². The molecule has 0 aliphatic carbocycles. The number of benzene rings is 1. The highest BCUT2D eigenvalue weighted by Crippen LogP contribution is 2.34. The Bertz CT molecular complexity index is 320. The SMILES string of the molecule is CCOC1CCOc2cc(C)ccc21. The van der Waals surface area contributed by atoms with Gasteiger partial charge in [0.2, 0.25) is 0 Å². The van der Waals surface area contributed by atoms with E-state index in [1.54, 1.807) is 0 Å². The maximum Gasteiger partial charge on any atom is 0.125 e. The van der Waals surface area contributed by atoms with Gasteiger partial charge in [0.05, 0.1) is 12.7 Å². The zero-order chi connectivity index (χ0) is 9.97. The van der Waals surface area contributed by atoms with Gasteiger partial charge in [-0.3, -0.25) is 0 Å². The standard InChI is InChI=1S/C12H16O2/c1-3-13-11-6-7-14-12-8-9(2)4-5-10(11)12/h4-5,8,11H,3,6-7H2,1-2H3. The van der Waals surface area contributed by atoms with Crippen molar-refractivity contribution in [2.45, 2.75) is 26.4 Å². The predicted molar refractivity (Wildman–Crippen MR) is 55.7 cm³/mol. The van der Waals surface area contributed by atoms with Crippen LogP contribution in [0.25, 0.3) is 0 Å². The van der Waals surface area contributed by atoms with Crippen LogP contribution in [0, 0.1) is 6.92 Å². The molecule has 0 N–H and O–H groups in total. The van der Waals surface area contributed by atoms with Crippen molar-refractivity contribution in [3.8, 4) is 5.75 Å². The molecule has 1 aromatic carbocycles. The van der Waals surface area contributed by atoms with Gasteiger partial charge >= 0.3 is 0 Å². The van der Waals surface area contributed by atoms with E-state index in [0.29, 0.717) is 0 Å². The van der Waals surface area contributed by atoms with Gasteiger partial charge in [0.15, 0.2) is 0 Å². The second kappa shape index (κ2) is 4.01. The van der Waals surface area contributed by atoms with E-state index in [4.69, 9.17) is 9.47 Å². The summed E-state index contributed by atoms with van der Waals surface area (Å²) in [5.74, 6) is 0.995. The summed E-state index contributed by atoms with van der Waals surface area (Å²) in [7, 11) is 0. The van der Waals surface area contributed by atoms with Gasteiger partial charge in [-0.1, -0.05) is 12.1 Å². The fourth-order valence-electron chi connectivity index (χ4n) is 1.84. The largest absolute Gasteiger partial charge is 0.493 e. The quantitative estimate of drug-likeness (QED) is 0.717. The van der Waals surface area contributed by atoms with E-state index < -0.39 is 0 Å². The van der Waals surface area contributed by atoms with Crippen LogP contribution in [0.4, 0.5) is 0 Å². The Kier molecular flexibility index (Phi) is 2.73. The third-order valence-corrected chi connectivity index (χ3v) is 2.52. The summed E-state index contributed by atoms with van der Waals surface area (Å²) in [5, 5.41) is 0. The Balaban J connectivity index is 2.30. The van der Waals surface area contributed by atoms with E-state index in [-0.39, 0.29) is 6.10 Å². The summed E-state index contributed by atoms with van der Waals surface area (Å²) in [6.45, 7) is 5.64. The molecular formula is C12H16O2. The molecule has 0 bridgehead atoms. The smallest absolute Gasteiger partial charge is 0.125 e. The summed E-state index contributed by atoms with van der Waals surface area (Å²) < 4.78 is 11.3. The van der Waals surface area contributed by atoms with Crippen LogP contribution in [0.3, 0.4) is 0 Å². The Morgan fingerprint density at radius 3 is 3.14 bits per heavy atom. The molecule has 0 saturated heterocycles. The summed E-state index contributed by atoms with van der Waals surface area (Å²) in [6.07, 6.45) is 1.19. The Morgan fingerprint density at radius 2 is 2.36 bits per heavy atom. The molecule has 2 rings (SSSR count). The van der Waals surface area contributed by atoms with Crippen molar-refractivity contribution in [1.29, 1.82) is 0 Å². The molecule has 1 unspecified atom stereocenters.